The first kappa shape index (κ1) is 31.0. The fourth-order valence-corrected chi connectivity index (χ4v) is 6.24. The maximum atomic E-state index is 14.4. The van der Waals surface area contributed by atoms with Gasteiger partial charge < -0.3 is 20.5 Å². The summed E-state index contributed by atoms with van der Waals surface area (Å²) in [4.78, 5) is 12.9. The van der Waals surface area contributed by atoms with Crippen LogP contribution in [0.15, 0.2) is 42.5 Å². The number of sulfonamides is 1. The molecule has 1 aliphatic heterocycles. The van der Waals surface area contributed by atoms with Crippen LogP contribution in [0, 0.1) is 5.82 Å². The van der Waals surface area contributed by atoms with E-state index in [-0.39, 0.29) is 25.1 Å². The van der Waals surface area contributed by atoms with Gasteiger partial charge in [0, 0.05) is 38.7 Å². The van der Waals surface area contributed by atoms with Crippen LogP contribution in [-0.4, -0.2) is 67.9 Å². The Labute approximate surface area is 232 Å². The van der Waals surface area contributed by atoms with E-state index in [4.69, 9.17) is 4.74 Å². The molecule has 2 bridgehead atoms. The maximum absolute atomic E-state index is 14.4. The highest BCUT2D eigenvalue weighted by atomic mass is 32.2. The van der Waals surface area contributed by atoms with E-state index in [0.717, 1.165) is 12.0 Å². The first-order chi connectivity index (χ1) is 18.7. The standard InChI is InChI=1S/C29H42FN3O5S/c1-3-11-33-12-5-6-13-38-26-17-24(16-25(30)19-26)18-27(32-29(35)10-14-39(33,36)37)28(34)21-31-20-23-9-7-8-22(4-2)15-23/h7-9,15-17,19,27-28,31,34H,3-6,10-14,18,20-21H2,1-2H3,(H,32,35). The largest absolute Gasteiger partial charge is 0.493 e. The zero-order valence-electron chi connectivity index (χ0n) is 23.0. The highest BCUT2D eigenvalue weighted by Gasteiger charge is 2.26. The first-order valence-corrected chi connectivity index (χ1v) is 15.5. The maximum Gasteiger partial charge on any atom is 0.221 e. The van der Waals surface area contributed by atoms with Crippen LogP contribution in [0.25, 0.3) is 0 Å². The van der Waals surface area contributed by atoms with Crippen molar-refractivity contribution >= 4 is 15.9 Å². The summed E-state index contributed by atoms with van der Waals surface area (Å²) in [6.45, 7) is 5.76. The summed E-state index contributed by atoms with van der Waals surface area (Å²) in [6, 6.07) is 11.8. The predicted octanol–water partition coefficient (Wildman–Crippen LogP) is 3.17. The van der Waals surface area contributed by atoms with Crippen LogP contribution in [0.1, 0.15) is 56.2 Å². The minimum Gasteiger partial charge on any atom is -0.493 e. The van der Waals surface area contributed by atoms with Gasteiger partial charge in [0.15, 0.2) is 0 Å². The minimum absolute atomic E-state index is 0.155. The molecule has 8 nitrogen and oxygen atoms in total. The number of halogens is 1. The number of aryl methyl sites for hydroxylation is 1. The van der Waals surface area contributed by atoms with Gasteiger partial charge in [-0.25, -0.2) is 17.1 Å². The average Bonchev–Trinajstić information content (AvgIpc) is 2.90. The van der Waals surface area contributed by atoms with Gasteiger partial charge in [-0.15, -0.1) is 0 Å². The highest BCUT2D eigenvalue weighted by Crippen LogP contribution is 2.20. The molecule has 0 aromatic heterocycles. The van der Waals surface area contributed by atoms with E-state index in [1.165, 1.54) is 22.0 Å². The number of hydrogen-bond acceptors (Lipinski definition) is 6. The lowest BCUT2D eigenvalue weighted by atomic mass is 10.00. The summed E-state index contributed by atoms with van der Waals surface area (Å²) in [6.07, 6.45) is 1.73. The van der Waals surface area contributed by atoms with E-state index in [1.807, 2.05) is 19.1 Å². The van der Waals surface area contributed by atoms with Crippen LogP contribution in [-0.2, 0) is 34.2 Å². The fourth-order valence-electron chi connectivity index (χ4n) is 4.67. The van der Waals surface area contributed by atoms with Gasteiger partial charge >= 0.3 is 0 Å². The number of rotatable bonds is 8. The van der Waals surface area contributed by atoms with Gasteiger partial charge in [-0.2, -0.15) is 0 Å². The molecule has 0 radical (unpaired) electrons. The molecule has 2 atom stereocenters. The number of aliphatic hydroxyl groups is 1. The first-order valence-electron chi connectivity index (χ1n) is 13.9. The number of aliphatic hydroxyl groups excluding tert-OH is 1. The molecule has 0 saturated carbocycles. The number of fused-ring (bicyclic) bond motifs is 2. The Morgan fingerprint density at radius 2 is 1.97 bits per heavy atom. The number of hydrogen-bond donors (Lipinski definition) is 3. The van der Waals surface area contributed by atoms with Gasteiger partial charge in [-0.05, 0) is 60.9 Å². The van der Waals surface area contributed by atoms with E-state index in [2.05, 4.69) is 29.7 Å². The third kappa shape index (κ3) is 10.2. The Hall–Kier alpha value is -2.53. The van der Waals surface area contributed by atoms with E-state index in [9.17, 15) is 22.7 Å². The van der Waals surface area contributed by atoms with E-state index >= 15 is 0 Å². The molecule has 39 heavy (non-hydrogen) atoms. The predicted molar refractivity (Wildman–Crippen MR) is 151 cm³/mol. The fraction of sp³-hybridized carbons (Fsp3) is 0.552. The molecule has 216 valence electrons. The number of carbonyl (C=O) groups is 1. The summed E-state index contributed by atoms with van der Waals surface area (Å²) in [5.41, 5.74) is 2.87. The third-order valence-electron chi connectivity index (χ3n) is 6.80. The van der Waals surface area contributed by atoms with Crippen molar-refractivity contribution in [2.24, 2.45) is 0 Å². The van der Waals surface area contributed by atoms with Crippen molar-refractivity contribution in [3.8, 4) is 5.75 Å². The molecule has 0 fully saturated rings. The number of carbonyl (C=O) groups excluding carboxylic acids is 1. The normalized spacial score (nSPS) is 20.1. The van der Waals surface area contributed by atoms with Crippen molar-refractivity contribution in [1.29, 1.82) is 0 Å². The number of nitrogens with one attached hydrogen (secondary N) is 2. The van der Waals surface area contributed by atoms with Gasteiger partial charge in [0.05, 0.1) is 24.5 Å². The molecule has 3 N–H and O–H groups in total. The third-order valence-corrected chi connectivity index (χ3v) is 8.68. The Bertz CT molecular complexity index is 1180. The number of amides is 1. The summed E-state index contributed by atoms with van der Waals surface area (Å²) in [5.74, 6) is -0.885. The van der Waals surface area contributed by atoms with E-state index in [1.54, 1.807) is 6.07 Å². The molecule has 1 heterocycles. The topological polar surface area (TPSA) is 108 Å². The summed E-state index contributed by atoms with van der Waals surface area (Å²) in [5, 5.41) is 17.1. The van der Waals surface area contributed by atoms with Crippen molar-refractivity contribution in [2.45, 2.75) is 71.1 Å². The lowest BCUT2D eigenvalue weighted by Gasteiger charge is -2.26. The smallest absolute Gasteiger partial charge is 0.221 e. The highest BCUT2D eigenvalue weighted by molar-refractivity contribution is 7.89. The Balaban J connectivity index is 1.76. The van der Waals surface area contributed by atoms with Gasteiger partial charge in [0.25, 0.3) is 0 Å². The number of ether oxygens (including phenoxy) is 1. The van der Waals surface area contributed by atoms with Gasteiger partial charge in [0.2, 0.25) is 15.9 Å². The number of nitrogens with zero attached hydrogens (tertiary/aromatic N) is 1. The quantitative estimate of drug-likeness (QED) is 0.456. The van der Waals surface area contributed by atoms with E-state index < -0.39 is 33.9 Å². The van der Waals surface area contributed by atoms with Gasteiger partial charge in [-0.3, -0.25) is 4.79 Å². The zero-order chi connectivity index (χ0) is 28.3. The molecule has 2 aromatic rings. The summed E-state index contributed by atoms with van der Waals surface area (Å²) >= 11 is 0. The number of benzene rings is 2. The molecule has 1 amide bonds. The van der Waals surface area contributed by atoms with E-state index in [0.29, 0.717) is 56.8 Å². The monoisotopic (exact) mass is 563 g/mol. The molecule has 0 aliphatic carbocycles. The second-order valence-corrected chi connectivity index (χ2v) is 12.2. The molecular formula is C29H42FN3O5S. The lowest BCUT2D eigenvalue weighted by Crippen LogP contribution is -2.49. The zero-order valence-corrected chi connectivity index (χ0v) is 23.8. The Kier molecular flexibility index (Phi) is 12.2. The van der Waals surface area contributed by atoms with Gasteiger partial charge in [0.1, 0.15) is 11.6 Å². The molecule has 2 aromatic carbocycles. The molecule has 10 heteroatoms. The average molecular weight is 564 g/mol. The van der Waals surface area contributed by atoms with Gasteiger partial charge in [-0.1, -0.05) is 38.1 Å². The molecular weight excluding hydrogens is 521 g/mol. The molecule has 2 unspecified atom stereocenters. The molecule has 1 aliphatic rings. The second-order valence-electron chi connectivity index (χ2n) is 10.1. The minimum atomic E-state index is -3.62. The van der Waals surface area contributed by atoms with Crippen LogP contribution in [0.2, 0.25) is 0 Å². The molecule has 0 spiro atoms. The second kappa shape index (κ2) is 15.3. The van der Waals surface area contributed by atoms with Crippen molar-refractivity contribution in [2.75, 3.05) is 32.0 Å². The van der Waals surface area contributed by atoms with Crippen LogP contribution >= 0.6 is 0 Å². The van der Waals surface area contributed by atoms with Crippen molar-refractivity contribution in [3.63, 3.8) is 0 Å². The Morgan fingerprint density at radius 1 is 1.18 bits per heavy atom. The Morgan fingerprint density at radius 3 is 2.74 bits per heavy atom. The molecule has 0 saturated heterocycles. The van der Waals surface area contributed by atoms with Crippen LogP contribution in [0.5, 0.6) is 5.75 Å². The van der Waals surface area contributed by atoms with Crippen molar-refractivity contribution < 1.29 is 27.4 Å². The van der Waals surface area contributed by atoms with Crippen molar-refractivity contribution in [1.82, 2.24) is 14.9 Å². The summed E-state index contributed by atoms with van der Waals surface area (Å²) < 4.78 is 47.5. The van der Waals surface area contributed by atoms with Crippen LogP contribution < -0.4 is 15.4 Å². The van der Waals surface area contributed by atoms with Crippen LogP contribution in [0.4, 0.5) is 4.39 Å². The lowest BCUT2D eigenvalue weighted by molar-refractivity contribution is -0.122. The summed E-state index contributed by atoms with van der Waals surface area (Å²) in [7, 11) is -3.62. The van der Waals surface area contributed by atoms with Crippen molar-refractivity contribution in [3.05, 3.63) is 65.0 Å². The van der Waals surface area contributed by atoms with Crippen LogP contribution in [0.3, 0.4) is 0 Å². The SMILES string of the molecule is CCCN1CCCCOc2cc(F)cc(c2)CC(C(O)CNCc2cccc(CC)c2)NC(=O)CCS1(=O)=O. The molecule has 3 rings (SSSR count).